The minimum absolute atomic E-state index is 0.296. The maximum absolute atomic E-state index is 10.3. The van der Waals surface area contributed by atoms with Crippen LogP contribution < -0.4 is 0 Å². The molecule has 3 nitrogen and oxygen atoms in total. The predicted molar refractivity (Wildman–Crippen MR) is 71.4 cm³/mol. The molecule has 100 valence electrons. The maximum atomic E-state index is 10.3. The standard InChI is InChI=1S/C15H22O3/c16-15(17)11-7-2-1-3-8-12-18-13-14-9-5-4-6-10-14/h4-6,9-10H,1-3,7-8,11-13H2,(H,16,17). The van der Waals surface area contributed by atoms with Crippen molar-refractivity contribution in [3.63, 3.8) is 0 Å². The zero-order chi connectivity index (χ0) is 13.1. The quantitative estimate of drug-likeness (QED) is 0.645. The first-order chi connectivity index (χ1) is 8.79. The van der Waals surface area contributed by atoms with E-state index in [0.29, 0.717) is 13.0 Å². The fraction of sp³-hybridized carbons (Fsp3) is 0.533. The number of hydrogen-bond donors (Lipinski definition) is 1. The molecule has 1 aromatic carbocycles. The molecule has 1 rings (SSSR count). The number of carboxylic acid groups (broad SMARTS) is 1. The van der Waals surface area contributed by atoms with Gasteiger partial charge in [-0.3, -0.25) is 4.79 Å². The van der Waals surface area contributed by atoms with Crippen LogP contribution in [0.2, 0.25) is 0 Å². The topological polar surface area (TPSA) is 46.5 Å². The molecule has 0 aliphatic heterocycles. The van der Waals surface area contributed by atoms with Gasteiger partial charge in [-0.05, 0) is 18.4 Å². The second kappa shape index (κ2) is 9.66. The summed E-state index contributed by atoms with van der Waals surface area (Å²) in [5.41, 5.74) is 1.21. The molecular weight excluding hydrogens is 228 g/mol. The normalized spacial score (nSPS) is 10.4. The molecule has 3 heteroatoms. The number of unbranched alkanes of at least 4 members (excludes halogenated alkanes) is 4. The zero-order valence-corrected chi connectivity index (χ0v) is 10.8. The van der Waals surface area contributed by atoms with Crippen LogP contribution in [0.15, 0.2) is 30.3 Å². The third-order valence-corrected chi connectivity index (χ3v) is 2.79. The number of benzene rings is 1. The van der Waals surface area contributed by atoms with Crippen molar-refractivity contribution in [2.45, 2.75) is 45.1 Å². The van der Waals surface area contributed by atoms with Crippen LogP contribution >= 0.6 is 0 Å². The van der Waals surface area contributed by atoms with E-state index in [0.717, 1.165) is 38.7 Å². The molecule has 0 bridgehead atoms. The monoisotopic (exact) mass is 250 g/mol. The lowest BCUT2D eigenvalue weighted by Gasteiger charge is -2.04. The smallest absolute Gasteiger partial charge is 0.303 e. The average Bonchev–Trinajstić information content (AvgIpc) is 2.37. The van der Waals surface area contributed by atoms with Gasteiger partial charge in [0.15, 0.2) is 0 Å². The molecule has 0 aromatic heterocycles. The highest BCUT2D eigenvalue weighted by molar-refractivity contribution is 5.66. The van der Waals surface area contributed by atoms with Gasteiger partial charge in [0.1, 0.15) is 0 Å². The molecule has 0 heterocycles. The Balaban J connectivity index is 1.86. The van der Waals surface area contributed by atoms with Crippen LogP contribution in [-0.2, 0) is 16.1 Å². The van der Waals surface area contributed by atoms with E-state index in [1.807, 2.05) is 18.2 Å². The van der Waals surface area contributed by atoms with E-state index in [1.54, 1.807) is 0 Å². The van der Waals surface area contributed by atoms with Gasteiger partial charge in [-0.1, -0.05) is 49.6 Å². The van der Waals surface area contributed by atoms with Crippen molar-refractivity contribution in [3.8, 4) is 0 Å². The zero-order valence-electron chi connectivity index (χ0n) is 10.8. The SMILES string of the molecule is O=C(O)CCCCCCCOCc1ccccc1. The van der Waals surface area contributed by atoms with Crippen LogP contribution in [0.3, 0.4) is 0 Å². The molecule has 0 aliphatic rings. The van der Waals surface area contributed by atoms with E-state index in [4.69, 9.17) is 9.84 Å². The number of hydrogen-bond acceptors (Lipinski definition) is 2. The van der Waals surface area contributed by atoms with Gasteiger partial charge in [0, 0.05) is 13.0 Å². The van der Waals surface area contributed by atoms with Crippen LogP contribution in [-0.4, -0.2) is 17.7 Å². The van der Waals surface area contributed by atoms with E-state index in [2.05, 4.69) is 12.1 Å². The lowest BCUT2D eigenvalue weighted by Crippen LogP contribution is -1.96. The van der Waals surface area contributed by atoms with Gasteiger partial charge in [0.25, 0.3) is 0 Å². The summed E-state index contributed by atoms with van der Waals surface area (Å²) in [6, 6.07) is 10.2. The Morgan fingerprint density at radius 1 is 1.00 bits per heavy atom. The number of carboxylic acids is 1. The largest absolute Gasteiger partial charge is 0.481 e. The molecule has 0 saturated heterocycles. The van der Waals surface area contributed by atoms with E-state index < -0.39 is 5.97 Å². The first kappa shape index (κ1) is 14.7. The minimum atomic E-state index is -0.693. The highest BCUT2D eigenvalue weighted by Gasteiger charge is 1.96. The van der Waals surface area contributed by atoms with Crippen LogP contribution in [0.1, 0.15) is 44.1 Å². The maximum Gasteiger partial charge on any atom is 0.303 e. The Labute approximate surface area is 109 Å². The van der Waals surface area contributed by atoms with E-state index in [-0.39, 0.29) is 0 Å². The molecule has 0 radical (unpaired) electrons. The van der Waals surface area contributed by atoms with Gasteiger partial charge in [0.05, 0.1) is 6.61 Å². The van der Waals surface area contributed by atoms with Gasteiger partial charge in [0.2, 0.25) is 0 Å². The Morgan fingerprint density at radius 2 is 1.67 bits per heavy atom. The molecule has 0 fully saturated rings. The van der Waals surface area contributed by atoms with Crippen molar-refractivity contribution in [3.05, 3.63) is 35.9 Å². The summed E-state index contributed by atoms with van der Waals surface area (Å²) in [7, 11) is 0. The van der Waals surface area contributed by atoms with Crippen molar-refractivity contribution >= 4 is 5.97 Å². The van der Waals surface area contributed by atoms with Crippen LogP contribution in [0, 0.1) is 0 Å². The van der Waals surface area contributed by atoms with Gasteiger partial charge in [-0.25, -0.2) is 0 Å². The predicted octanol–water partition coefficient (Wildman–Crippen LogP) is 3.63. The molecule has 0 aliphatic carbocycles. The molecule has 0 saturated carbocycles. The summed E-state index contributed by atoms with van der Waals surface area (Å²) in [6.07, 6.45) is 5.37. The fourth-order valence-electron chi connectivity index (χ4n) is 1.77. The number of aliphatic carboxylic acids is 1. The number of rotatable bonds is 10. The first-order valence-electron chi connectivity index (χ1n) is 6.62. The Kier molecular flexibility index (Phi) is 7.89. The van der Waals surface area contributed by atoms with Crippen molar-refractivity contribution < 1.29 is 14.6 Å². The van der Waals surface area contributed by atoms with Crippen LogP contribution in [0.4, 0.5) is 0 Å². The third kappa shape index (κ3) is 7.85. The van der Waals surface area contributed by atoms with Gasteiger partial charge in [-0.2, -0.15) is 0 Å². The molecule has 1 N–H and O–H groups in total. The molecule has 0 atom stereocenters. The summed E-state index contributed by atoms with van der Waals surface area (Å²) >= 11 is 0. The third-order valence-electron chi connectivity index (χ3n) is 2.79. The van der Waals surface area contributed by atoms with Crippen molar-refractivity contribution in [1.29, 1.82) is 0 Å². The Morgan fingerprint density at radius 3 is 2.39 bits per heavy atom. The van der Waals surface area contributed by atoms with E-state index in [1.165, 1.54) is 5.56 Å². The highest BCUT2D eigenvalue weighted by atomic mass is 16.5. The van der Waals surface area contributed by atoms with E-state index >= 15 is 0 Å². The molecule has 0 unspecified atom stereocenters. The summed E-state index contributed by atoms with van der Waals surface area (Å²) in [5.74, 6) is -0.693. The van der Waals surface area contributed by atoms with E-state index in [9.17, 15) is 4.79 Å². The molecule has 0 spiro atoms. The lowest BCUT2D eigenvalue weighted by molar-refractivity contribution is -0.137. The summed E-state index contributed by atoms with van der Waals surface area (Å²) in [4.78, 5) is 10.3. The number of ether oxygens (including phenoxy) is 1. The van der Waals surface area contributed by atoms with Gasteiger partial charge >= 0.3 is 5.97 Å². The summed E-state index contributed by atoms with van der Waals surface area (Å²) in [6.45, 7) is 1.47. The van der Waals surface area contributed by atoms with Crippen LogP contribution in [0.5, 0.6) is 0 Å². The Bertz CT molecular complexity index is 322. The lowest BCUT2D eigenvalue weighted by atomic mass is 10.1. The van der Waals surface area contributed by atoms with Crippen LogP contribution in [0.25, 0.3) is 0 Å². The van der Waals surface area contributed by atoms with Crippen molar-refractivity contribution in [2.24, 2.45) is 0 Å². The summed E-state index contributed by atoms with van der Waals surface area (Å²) < 4.78 is 5.57. The first-order valence-corrected chi connectivity index (χ1v) is 6.62. The molecule has 1 aromatic rings. The molecular formula is C15H22O3. The number of carbonyl (C=O) groups is 1. The molecule has 18 heavy (non-hydrogen) atoms. The minimum Gasteiger partial charge on any atom is -0.481 e. The second-order valence-corrected chi connectivity index (χ2v) is 4.45. The van der Waals surface area contributed by atoms with Gasteiger partial charge < -0.3 is 9.84 Å². The van der Waals surface area contributed by atoms with Gasteiger partial charge in [-0.15, -0.1) is 0 Å². The molecule has 0 amide bonds. The van der Waals surface area contributed by atoms with Crippen molar-refractivity contribution in [1.82, 2.24) is 0 Å². The second-order valence-electron chi connectivity index (χ2n) is 4.45. The fourth-order valence-corrected chi connectivity index (χ4v) is 1.77. The average molecular weight is 250 g/mol. The Hall–Kier alpha value is -1.35. The summed E-state index contributed by atoms with van der Waals surface area (Å²) in [5, 5.41) is 8.47. The van der Waals surface area contributed by atoms with Crippen molar-refractivity contribution in [2.75, 3.05) is 6.61 Å². The highest BCUT2D eigenvalue weighted by Crippen LogP contribution is 2.06.